The molecule has 0 aliphatic rings. The Morgan fingerprint density at radius 3 is 2.65 bits per heavy atom. The molecule has 0 aliphatic carbocycles. The van der Waals surface area contributed by atoms with Crippen molar-refractivity contribution in [3.63, 3.8) is 0 Å². The summed E-state index contributed by atoms with van der Waals surface area (Å²) in [4.78, 5) is 12.3. The fourth-order valence-electron chi connectivity index (χ4n) is 2.13. The number of carbonyl (C=O) groups excluding carboxylic acids is 1. The molecule has 0 saturated carbocycles. The first-order chi connectivity index (χ1) is 10.9. The molecule has 23 heavy (non-hydrogen) atoms. The summed E-state index contributed by atoms with van der Waals surface area (Å²) in [5, 5.41) is 10.7. The zero-order chi connectivity index (χ0) is 17.0. The maximum atomic E-state index is 12.3. The number of nitrogens with one attached hydrogen (secondary N) is 2. The molecule has 2 rings (SSSR count). The molecule has 0 spiro atoms. The Morgan fingerprint density at radius 2 is 2.04 bits per heavy atom. The second-order valence-electron chi connectivity index (χ2n) is 5.46. The van der Waals surface area contributed by atoms with Gasteiger partial charge in [0.15, 0.2) is 0 Å². The van der Waals surface area contributed by atoms with Gasteiger partial charge in [-0.1, -0.05) is 11.6 Å². The minimum atomic E-state index is -0.435. The second kappa shape index (κ2) is 7.37. The van der Waals surface area contributed by atoms with Crippen molar-refractivity contribution >= 4 is 29.0 Å². The number of carbonyl (C=O) groups is 1. The predicted octanol–water partition coefficient (Wildman–Crippen LogP) is 3.57. The van der Waals surface area contributed by atoms with Gasteiger partial charge in [0.25, 0.3) is 0 Å². The van der Waals surface area contributed by atoms with Crippen LogP contribution in [0, 0.1) is 0 Å². The van der Waals surface area contributed by atoms with Crippen LogP contribution in [0.5, 0.6) is 5.75 Å². The largest absolute Gasteiger partial charge is 0.495 e. The maximum absolute atomic E-state index is 12.3. The molecule has 0 radical (unpaired) electrons. The van der Waals surface area contributed by atoms with Gasteiger partial charge in [0, 0.05) is 17.8 Å². The number of aromatic nitrogens is 2. The number of hydrogen-bond donors (Lipinski definition) is 2. The van der Waals surface area contributed by atoms with Crippen LogP contribution in [0.1, 0.15) is 26.8 Å². The number of halogens is 1. The Morgan fingerprint density at radius 1 is 1.30 bits per heavy atom. The molecule has 124 valence electrons. The van der Waals surface area contributed by atoms with E-state index in [1.54, 1.807) is 43.1 Å². The Labute approximate surface area is 140 Å². The van der Waals surface area contributed by atoms with Crippen LogP contribution in [0.25, 0.3) is 0 Å². The molecule has 2 aromatic rings. The summed E-state index contributed by atoms with van der Waals surface area (Å²) in [5.74, 6) is 1.11. The predicted molar refractivity (Wildman–Crippen MR) is 92.3 cm³/mol. The van der Waals surface area contributed by atoms with E-state index in [4.69, 9.17) is 16.3 Å². The number of nitrogens with zero attached hydrogens (tertiary/aromatic N) is 2. The number of methoxy groups -OCH3 is 1. The van der Waals surface area contributed by atoms with Crippen molar-refractivity contribution in [2.45, 2.75) is 32.9 Å². The number of anilines is 2. The molecule has 1 aromatic heterocycles. The van der Waals surface area contributed by atoms with E-state index in [0.29, 0.717) is 16.6 Å². The summed E-state index contributed by atoms with van der Waals surface area (Å²) in [6.45, 7) is 5.79. The van der Waals surface area contributed by atoms with Crippen LogP contribution >= 0.6 is 11.6 Å². The van der Waals surface area contributed by atoms with Gasteiger partial charge in [0.2, 0.25) is 5.91 Å². The van der Waals surface area contributed by atoms with Crippen molar-refractivity contribution in [2.24, 2.45) is 0 Å². The minimum Gasteiger partial charge on any atom is -0.495 e. The molecule has 1 atom stereocenters. The SMILES string of the molecule is COc1ccc(NC(C)C(=O)Nc2ccnn2C(C)C)cc1Cl. The molecule has 7 heteroatoms. The molecular formula is C16H21ClN4O2. The number of benzene rings is 1. The van der Waals surface area contributed by atoms with Crippen LogP contribution in [0.4, 0.5) is 11.5 Å². The lowest BCUT2D eigenvalue weighted by Gasteiger charge is -2.17. The highest BCUT2D eigenvalue weighted by molar-refractivity contribution is 6.32. The van der Waals surface area contributed by atoms with E-state index < -0.39 is 6.04 Å². The lowest BCUT2D eigenvalue weighted by molar-refractivity contribution is -0.116. The van der Waals surface area contributed by atoms with Gasteiger partial charge in [-0.3, -0.25) is 4.79 Å². The van der Waals surface area contributed by atoms with Gasteiger partial charge in [0.1, 0.15) is 17.6 Å². The van der Waals surface area contributed by atoms with E-state index in [0.717, 1.165) is 5.69 Å². The van der Waals surface area contributed by atoms with Crippen molar-refractivity contribution in [3.05, 3.63) is 35.5 Å². The summed E-state index contributed by atoms with van der Waals surface area (Å²) in [5.41, 5.74) is 0.746. The van der Waals surface area contributed by atoms with Crippen molar-refractivity contribution in [2.75, 3.05) is 17.7 Å². The van der Waals surface area contributed by atoms with E-state index in [9.17, 15) is 4.79 Å². The van der Waals surface area contributed by atoms with Crippen LogP contribution in [0.15, 0.2) is 30.5 Å². The third-order valence-corrected chi connectivity index (χ3v) is 3.63. The van der Waals surface area contributed by atoms with Gasteiger partial charge in [0.05, 0.1) is 18.3 Å². The first kappa shape index (κ1) is 17.1. The third-order valence-electron chi connectivity index (χ3n) is 3.34. The molecule has 1 aromatic carbocycles. The van der Waals surface area contributed by atoms with Gasteiger partial charge in [-0.25, -0.2) is 4.68 Å². The molecule has 1 heterocycles. The number of hydrogen-bond acceptors (Lipinski definition) is 4. The fraction of sp³-hybridized carbons (Fsp3) is 0.375. The first-order valence-electron chi connectivity index (χ1n) is 7.36. The van der Waals surface area contributed by atoms with E-state index in [1.165, 1.54) is 0 Å². The number of ether oxygens (including phenoxy) is 1. The minimum absolute atomic E-state index is 0.153. The summed E-state index contributed by atoms with van der Waals surface area (Å²) in [7, 11) is 1.56. The molecule has 2 N–H and O–H groups in total. The van der Waals surface area contributed by atoms with Crippen LogP contribution < -0.4 is 15.4 Å². The first-order valence-corrected chi connectivity index (χ1v) is 7.74. The molecule has 0 saturated heterocycles. The number of rotatable bonds is 6. The van der Waals surface area contributed by atoms with E-state index >= 15 is 0 Å². The Hall–Kier alpha value is -2.21. The van der Waals surface area contributed by atoms with E-state index in [1.807, 2.05) is 19.9 Å². The summed E-state index contributed by atoms with van der Waals surface area (Å²) in [6, 6.07) is 6.80. The summed E-state index contributed by atoms with van der Waals surface area (Å²) >= 11 is 6.09. The monoisotopic (exact) mass is 336 g/mol. The maximum Gasteiger partial charge on any atom is 0.247 e. The lowest BCUT2D eigenvalue weighted by Crippen LogP contribution is -2.32. The quantitative estimate of drug-likeness (QED) is 0.846. The smallest absolute Gasteiger partial charge is 0.247 e. The molecule has 0 aliphatic heterocycles. The van der Waals surface area contributed by atoms with Gasteiger partial charge in [-0.15, -0.1) is 0 Å². The van der Waals surface area contributed by atoms with Crippen molar-refractivity contribution in [3.8, 4) is 5.75 Å². The summed E-state index contributed by atoms with van der Waals surface area (Å²) < 4.78 is 6.87. The standard InChI is InChI=1S/C16H21ClN4O2/c1-10(2)21-15(7-8-18-21)20-16(22)11(3)19-12-5-6-14(23-4)13(17)9-12/h5-11,19H,1-4H3,(H,20,22). The molecule has 1 unspecified atom stereocenters. The molecular weight excluding hydrogens is 316 g/mol. The van der Waals surface area contributed by atoms with Gasteiger partial charge >= 0.3 is 0 Å². The third kappa shape index (κ3) is 4.16. The normalized spacial score (nSPS) is 12.1. The molecule has 6 nitrogen and oxygen atoms in total. The highest BCUT2D eigenvalue weighted by Gasteiger charge is 2.16. The van der Waals surface area contributed by atoms with Crippen LogP contribution in [0.2, 0.25) is 5.02 Å². The van der Waals surface area contributed by atoms with Crippen molar-refractivity contribution in [1.29, 1.82) is 0 Å². The molecule has 0 bridgehead atoms. The number of amides is 1. The fourth-order valence-corrected chi connectivity index (χ4v) is 2.39. The second-order valence-corrected chi connectivity index (χ2v) is 5.87. The van der Waals surface area contributed by atoms with Crippen LogP contribution in [0.3, 0.4) is 0 Å². The van der Waals surface area contributed by atoms with Gasteiger partial charge in [-0.05, 0) is 39.0 Å². The average molecular weight is 337 g/mol. The van der Waals surface area contributed by atoms with Crippen molar-refractivity contribution in [1.82, 2.24) is 9.78 Å². The van der Waals surface area contributed by atoms with Crippen LogP contribution in [-0.2, 0) is 4.79 Å². The van der Waals surface area contributed by atoms with E-state index in [-0.39, 0.29) is 11.9 Å². The van der Waals surface area contributed by atoms with Crippen LogP contribution in [-0.4, -0.2) is 28.8 Å². The zero-order valence-electron chi connectivity index (χ0n) is 13.6. The van der Waals surface area contributed by atoms with E-state index in [2.05, 4.69) is 15.7 Å². The Kier molecular flexibility index (Phi) is 5.50. The summed E-state index contributed by atoms with van der Waals surface area (Å²) in [6.07, 6.45) is 1.66. The topological polar surface area (TPSA) is 68.2 Å². The highest BCUT2D eigenvalue weighted by Crippen LogP contribution is 2.27. The van der Waals surface area contributed by atoms with Gasteiger partial charge < -0.3 is 15.4 Å². The van der Waals surface area contributed by atoms with Crippen molar-refractivity contribution < 1.29 is 9.53 Å². The Bertz CT molecular complexity index is 684. The molecule has 1 amide bonds. The van der Waals surface area contributed by atoms with Gasteiger partial charge in [-0.2, -0.15) is 5.10 Å². The highest BCUT2D eigenvalue weighted by atomic mass is 35.5. The molecule has 0 fully saturated rings. The average Bonchev–Trinajstić information content (AvgIpc) is 2.95. The lowest BCUT2D eigenvalue weighted by atomic mass is 10.2. The Balaban J connectivity index is 2.02. The zero-order valence-corrected chi connectivity index (χ0v) is 14.4.